The van der Waals surface area contributed by atoms with Gasteiger partial charge in [0.25, 0.3) is 0 Å². The van der Waals surface area contributed by atoms with Crippen molar-refractivity contribution in [1.29, 1.82) is 0 Å². The Bertz CT molecular complexity index is 773. The number of nitrogens with one attached hydrogen (secondary N) is 1. The first-order valence-electron chi connectivity index (χ1n) is 8.45. The molecule has 0 fully saturated rings. The predicted octanol–water partition coefficient (Wildman–Crippen LogP) is 2.79. The van der Waals surface area contributed by atoms with Crippen molar-refractivity contribution in [2.45, 2.75) is 32.5 Å². The van der Waals surface area contributed by atoms with Crippen LogP contribution in [0.25, 0.3) is 0 Å². The van der Waals surface area contributed by atoms with E-state index >= 15 is 0 Å². The molecule has 1 unspecified atom stereocenters. The molecule has 1 heterocycles. The Balaban J connectivity index is 2.42. The molecule has 1 amide bonds. The minimum absolute atomic E-state index is 0.160. The summed E-state index contributed by atoms with van der Waals surface area (Å²) >= 11 is 0. The van der Waals surface area contributed by atoms with Gasteiger partial charge in [0.15, 0.2) is 5.75 Å². The monoisotopic (exact) mass is 360 g/mol. The quantitative estimate of drug-likeness (QED) is 0.718. The Kier molecular flexibility index (Phi) is 7.23. The SMILES string of the molecule is CCC(NC(=O)O)c1c(OCc2ccccc2)c(=O)ccn1CCOC. The molecule has 0 spiro atoms. The number of pyridine rings is 1. The van der Waals surface area contributed by atoms with Crippen LogP contribution in [0.5, 0.6) is 5.75 Å². The van der Waals surface area contributed by atoms with Gasteiger partial charge in [0.2, 0.25) is 5.43 Å². The molecule has 0 radical (unpaired) electrons. The fraction of sp³-hybridized carbons (Fsp3) is 0.368. The molecule has 2 aromatic rings. The van der Waals surface area contributed by atoms with Crippen LogP contribution in [0.4, 0.5) is 4.79 Å². The summed E-state index contributed by atoms with van der Waals surface area (Å²) in [4.78, 5) is 23.6. The van der Waals surface area contributed by atoms with Gasteiger partial charge in [-0.3, -0.25) is 4.79 Å². The maximum absolute atomic E-state index is 12.4. The summed E-state index contributed by atoms with van der Waals surface area (Å²) in [5.41, 5.74) is 1.15. The molecule has 0 aliphatic carbocycles. The molecule has 7 heteroatoms. The Morgan fingerprint density at radius 1 is 1.27 bits per heavy atom. The molecule has 7 nitrogen and oxygen atoms in total. The summed E-state index contributed by atoms with van der Waals surface area (Å²) in [6.07, 6.45) is 0.961. The van der Waals surface area contributed by atoms with Crippen LogP contribution >= 0.6 is 0 Å². The molecule has 140 valence electrons. The van der Waals surface area contributed by atoms with E-state index in [0.717, 1.165) is 5.56 Å². The van der Waals surface area contributed by atoms with Crippen molar-refractivity contribution in [2.24, 2.45) is 0 Å². The van der Waals surface area contributed by atoms with E-state index in [1.165, 1.54) is 6.07 Å². The van der Waals surface area contributed by atoms with E-state index in [0.29, 0.717) is 25.3 Å². The van der Waals surface area contributed by atoms with Crippen molar-refractivity contribution < 1.29 is 19.4 Å². The fourth-order valence-corrected chi connectivity index (χ4v) is 2.70. The van der Waals surface area contributed by atoms with Gasteiger partial charge >= 0.3 is 6.09 Å². The van der Waals surface area contributed by atoms with Crippen LogP contribution < -0.4 is 15.5 Å². The molecule has 1 aromatic carbocycles. The second-order valence-electron chi connectivity index (χ2n) is 5.77. The molecule has 1 atom stereocenters. The average Bonchev–Trinajstić information content (AvgIpc) is 2.64. The van der Waals surface area contributed by atoms with Crippen LogP contribution in [0.15, 0.2) is 47.4 Å². The second kappa shape index (κ2) is 9.62. The molecule has 26 heavy (non-hydrogen) atoms. The first-order chi connectivity index (χ1) is 12.6. The van der Waals surface area contributed by atoms with Crippen molar-refractivity contribution >= 4 is 6.09 Å². The maximum Gasteiger partial charge on any atom is 0.405 e. The summed E-state index contributed by atoms with van der Waals surface area (Å²) in [7, 11) is 1.59. The van der Waals surface area contributed by atoms with Gasteiger partial charge in [-0.2, -0.15) is 0 Å². The molecular weight excluding hydrogens is 336 g/mol. The number of ether oxygens (including phenoxy) is 2. The van der Waals surface area contributed by atoms with E-state index in [1.807, 2.05) is 37.3 Å². The summed E-state index contributed by atoms with van der Waals surface area (Å²) in [6.45, 7) is 2.98. The number of hydrogen-bond acceptors (Lipinski definition) is 4. The summed E-state index contributed by atoms with van der Waals surface area (Å²) < 4.78 is 12.8. The number of rotatable bonds is 9. The van der Waals surface area contributed by atoms with Gasteiger partial charge < -0.3 is 24.5 Å². The van der Waals surface area contributed by atoms with Crippen molar-refractivity contribution in [1.82, 2.24) is 9.88 Å². The van der Waals surface area contributed by atoms with E-state index < -0.39 is 12.1 Å². The number of nitrogens with zero attached hydrogens (tertiary/aromatic N) is 1. The van der Waals surface area contributed by atoms with E-state index in [4.69, 9.17) is 14.6 Å². The highest BCUT2D eigenvalue weighted by atomic mass is 16.5. The standard InChI is InChI=1S/C19H24N2O5/c1-3-15(20-19(23)24)17-18(26-13-14-7-5-4-6-8-14)16(22)9-10-21(17)11-12-25-2/h4-10,15,20H,3,11-13H2,1-2H3,(H,23,24). The number of carboxylic acid groups (broad SMARTS) is 1. The fourth-order valence-electron chi connectivity index (χ4n) is 2.70. The van der Waals surface area contributed by atoms with Crippen molar-refractivity contribution in [2.75, 3.05) is 13.7 Å². The van der Waals surface area contributed by atoms with Gasteiger partial charge in [-0.1, -0.05) is 37.3 Å². The maximum atomic E-state index is 12.4. The third kappa shape index (κ3) is 5.10. The van der Waals surface area contributed by atoms with E-state index in [2.05, 4.69) is 5.32 Å². The largest absolute Gasteiger partial charge is 0.483 e. The second-order valence-corrected chi connectivity index (χ2v) is 5.77. The first kappa shape index (κ1) is 19.5. The number of amides is 1. The van der Waals surface area contributed by atoms with Crippen molar-refractivity contribution in [3.63, 3.8) is 0 Å². The molecule has 2 rings (SSSR count). The van der Waals surface area contributed by atoms with Gasteiger partial charge in [0.1, 0.15) is 6.61 Å². The third-order valence-corrected chi connectivity index (χ3v) is 3.97. The van der Waals surface area contributed by atoms with Gasteiger partial charge in [0.05, 0.1) is 18.3 Å². The Morgan fingerprint density at radius 3 is 2.62 bits per heavy atom. The lowest BCUT2D eigenvalue weighted by atomic mass is 10.1. The lowest BCUT2D eigenvalue weighted by Crippen LogP contribution is -2.31. The predicted molar refractivity (Wildman–Crippen MR) is 97.5 cm³/mol. The lowest BCUT2D eigenvalue weighted by Gasteiger charge is -2.23. The van der Waals surface area contributed by atoms with Gasteiger partial charge in [0, 0.05) is 25.9 Å². The third-order valence-electron chi connectivity index (χ3n) is 3.97. The smallest absolute Gasteiger partial charge is 0.405 e. The van der Waals surface area contributed by atoms with Crippen LogP contribution in [0.2, 0.25) is 0 Å². The topological polar surface area (TPSA) is 89.8 Å². The zero-order valence-electron chi connectivity index (χ0n) is 15.0. The highest BCUT2D eigenvalue weighted by molar-refractivity contribution is 5.65. The summed E-state index contributed by atoms with van der Waals surface area (Å²) in [5, 5.41) is 11.6. The van der Waals surface area contributed by atoms with Crippen molar-refractivity contribution in [3.8, 4) is 5.75 Å². The molecule has 0 saturated heterocycles. The molecule has 0 saturated carbocycles. The zero-order valence-corrected chi connectivity index (χ0v) is 15.0. The normalized spacial score (nSPS) is 11.8. The van der Waals surface area contributed by atoms with Gasteiger partial charge in [-0.15, -0.1) is 0 Å². The summed E-state index contributed by atoms with van der Waals surface area (Å²) in [5.74, 6) is 0.160. The number of aromatic nitrogens is 1. The van der Waals surface area contributed by atoms with E-state index in [9.17, 15) is 9.59 Å². The number of carbonyl (C=O) groups is 1. The van der Waals surface area contributed by atoms with Crippen LogP contribution in [0, 0.1) is 0 Å². The molecular formula is C19H24N2O5. The Morgan fingerprint density at radius 2 is 2.00 bits per heavy atom. The van der Waals surface area contributed by atoms with E-state index in [-0.39, 0.29) is 17.8 Å². The van der Waals surface area contributed by atoms with Crippen LogP contribution in [0.3, 0.4) is 0 Å². The number of benzene rings is 1. The van der Waals surface area contributed by atoms with Crippen LogP contribution in [0.1, 0.15) is 30.6 Å². The van der Waals surface area contributed by atoms with Crippen molar-refractivity contribution in [3.05, 3.63) is 64.1 Å². The van der Waals surface area contributed by atoms with Crippen LogP contribution in [-0.2, 0) is 17.9 Å². The molecule has 0 aliphatic heterocycles. The molecule has 2 N–H and O–H groups in total. The first-order valence-corrected chi connectivity index (χ1v) is 8.45. The zero-order chi connectivity index (χ0) is 18.9. The molecule has 0 bridgehead atoms. The average molecular weight is 360 g/mol. The molecule has 1 aromatic heterocycles. The van der Waals surface area contributed by atoms with Crippen LogP contribution in [-0.4, -0.2) is 29.5 Å². The van der Waals surface area contributed by atoms with E-state index in [1.54, 1.807) is 17.9 Å². The number of hydrogen-bond donors (Lipinski definition) is 2. The Hall–Kier alpha value is -2.80. The van der Waals surface area contributed by atoms with Gasteiger partial charge in [-0.05, 0) is 12.0 Å². The minimum atomic E-state index is -1.15. The highest BCUT2D eigenvalue weighted by Gasteiger charge is 2.22. The number of methoxy groups -OCH3 is 1. The Labute approximate surface area is 152 Å². The minimum Gasteiger partial charge on any atom is -0.483 e. The molecule has 0 aliphatic rings. The summed E-state index contributed by atoms with van der Waals surface area (Å²) in [6, 6.07) is 10.3. The lowest BCUT2D eigenvalue weighted by molar-refractivity contribution is 0.180. The van der Waals surface area contributed by atoms with Gasteiger partial charge in [-0.25, -0.2) is 4.79 Å². The highest BCUT2D eigenvalue weighted by Crippen LogP contribution is 2.25.